The van der Waals surface area contributed by atoms with Crippen molar-refractivity contribution in [2.75, 3.05) is 11.5 Å². The van der Waals surface area contributed by atoms with Crippen LogP contribution in [-0.2, 0) is 9.84 Å². The van der Waals surface area contributed by atoms with E-state index in [9.17, 15) is 22.3 Å². The largest absolute Gasteiger partial charge is 0.387 e. The highest BCUT2D eigenvalue weighted by Crippen LogP contribution is 2.42. The van der Waals surface area contributed by atoms with E-state index < -0.39 is 38.7 Å². The van der Waals surface area contributed by atoms with Crippen LogP contribution in [-0.4, -0.2) is 25.0 Å². The van der Waals surface area contributed by atoms with Crippen molar-refractivity contribution in [2.24, 2.45) is 5.41 Å². The molecule has 1 heterocycles. The maximum Gasteiger partial charge on any atom is 0.159 e. The Balaban J connectivity index is 2.40. The second kappa shape index (κ2) is 4.54. The lowest BCUT2D eigenvalue weighted by molar-refractivity contribution is 0.0789. The lowest BCUT2D eigenvalue weighted by atomic mass is 9.80. The third kappa shape index (κ3) is 2.46. The first-order chi connectivity index (χ1) is 8.80. The smallest absolute Gasteiger partial charge is 0.159 e. The van der Waals surface area contributed by atoms with E-state index in [1.165, 1.54) is 0 Å². The summed E-state index contributed by atoms with van der Waals surface area (Å²) in [5.41, 5.74) is -1.50. The van der Waals surface area contributed by atoms with Gasteiger partial charge in [0.25, 0.3) is 0 Å². The van der Waals surface area contributed by atoms with Crippen LogP contribution in [0.2, 0.25) is 0 Å². The molecule has 1 fully saturated rings. The average Bonchev–Trinajstić information content (AvgIpc) is 2.69. The van der Waals surface area contributed by atoms with Gasteiger partial charge in [0, 0.05) is 0 Å². The Labute approximate surface area is 109 Å². The van der Waals surface area contributed by atoms with Crippen LogP contribution >= 0.6 is 0 Å². The van der Waals surface area contributed by atoms with Gasteiger partial charge in [-0.3, -0.25) is 0 Å². The summed E-state index contributed by atoms with van der Waals surface area (Å²) in [6, 6.07) is 4.58. The van der Waals surface area contributed by atoms with Gasteiger partial charge in [-0.15, -0.1) is 0 Å². The van der Waals surface area contributed by atoms with Gasteiger partial charge in [-0.25, -0.2) is 17.2 Å². The summed E-state index contributed by atoms with van der Waals surface area (Å²) >= 11 is 0. The predicted octanol–water partition coefficient (Wildman–Crippen LogP) is 1.33. The molecule has 7 heteroatoms. The molecule has 0 saturated carbocycles. The fourth-order valence-corrected chi connectivity index (χ4v) is 4.21. The Kier molecular flexibility index (Phi) is 3.32. The lowest BCUT2D eigenvalue weighted by Gasteiger charge is -2.25. The third-order valence-corrected chi connectivity index (χ3v) is 5.12. The van der Waals surface area contributed by atoms with Crippen molar-refractivity contribution in [3.05, 3.63) is 35.4 Å². The Morgan fingerprint density at radius 2 is 2.05 bits per heavy atom. The molecule has 0 amide bonds. The first-order valence-corrected chi connectivity index (χ1v) is 7.36. The number of rotatable bonds is 2. The SMILES string of the molecule is N#CC1(C(O)c2ccc(F)c(F)c2)CCS(=O)(=O)C1. The molecule has 102 valence electrons. The number of benzene rings is 1. The molecule has 1 saturated heterocycles. The molecule has 1 aliphatic heterocycles. The van der Waals surface area contributed by atoms with Crippen molar-refractivity contribution >= 4 is 9.84 Å². The topological polar surface area (TPSA) is 78.2 Å². The molecule has 19 heavy (non-hydrogen) atoms. The van der Waals surface area contributed by atoms with E-state index >= 15 is 0 Å². The Hall–Kier alpha value is -1.52. The summed E-state index contributed by atoms with van der Waals surface area (Å²) in [5, 5.41) is 19.3. The summed E-state index contributed by atoms with van der Waals surface area (Å²) in [4.78, 5) is 0. The number of aliphatic hydroxyl groups is 1. The Morgan fingerprint density at radius 1 is 1.37 bits per heavy atom. The molecule has 1 N–H and O–H groups in total. The molecule has 0 spiro atoms. The second-order valence-electron chi connectivity index (χ2n) is 4.69. The zero-order valence-electron chi connectivity index (χ0n) is 9.81. The van der Waals surface area contributed by atoms with E-state index in [4.69, 9.17) is 5.26 Å². The minimum Gasteiger partial charge on any atom is -0.387 e. The van der Waals surface area contributed by atoms with Gasteiger partial charge in [0.15, 0.2) is 21.5 Å². The first-order valence-electron chi connectivity index (χ1n) is 5.54. The number of sulfone groups is 1. The molecule has 0 aliphatic carbocycles. The summed E-state index contributed by atoms with van der Waals surface area (Å²) < 4.78 is 48.9. The maximum atomic E-state index is 13.1. The zero-order valence-corrected chi connectivity index (χ0v) is 10.6. The third-order valence-electron chi connectivity index (χ3n) is 3.34. The van der Waals surface area contributed by atoms with E-state index in [-0.39, 0.29) is 17.7 Å². The first kappa shape index (κ1) is 13.9. The molecule has 2 unspecified atom stereocenters. The highest BCUT2D eigenvalue weighted by Gasteiger charge is 2.48. The molecule has 1 aliphatic rings. The zero-order chi connectivity index (χ0) is 14.3. The maximum absolute atomic E-state index is 13.1. The molecule has 0 radical (unpaired) electrons. The summed E-state index contributed by atoms with van der Waals surface area (Å²) in [6.07, 6.45) is -1.49. The fourth-order valence-electron chi connectivity index (χ4n) is 2.24. The number of hydrogen-bond donors (Lipinski definition) is 1. The minimum absolute atomic E-state index is 0.00227. The van der Waals surface area contributed by atoms with Gasteiger partial charge in [0.1, 0.15) is 5.41 Å². The normalized spacial score (nSPS) is 26.8. The number of hydrogen-bond acceptors (Lipinski definition) is 4. The van der Waals surface area contributed by atoms with E-state index in [1.807, 2.05) is 6.07 Å². The van der Waals surface area contributed by atoms with Gasteiger partial charge in [0.2, 0.25) is 0 Å². The van der Waals surface area contributed by atoms with Crippen LogP contribution in [0.1, 0.15) is 18.1 Å². The van der Waals surface area contributed by atoms with Gasteiger partial charge < -0.3 is 5.11 Å². The lowest BCUT2D eigenvalue weighted by Crippen LogP contribution is -2.29. The molecule has 0 bridgehead atoms. The van der Waals surface area contributed by atoms with Crippen molar-refractivity contribution in [1.29, 1.82) is 5.26 Å². The molecule has 1 aromatic carbocycles. The van der Waals surface area contributed by atoms with Crippen molar-refractivity contribution in [1.82, 2.24) is 0 Å². The summed E-state index contributed by atoms with van der Waals surface area (Å²) in [7, 11) is -3.39. The number of nitriles is 1. The predicted molar refractivity (Wildman–Crippen MR) is 62.6 cm³/mol. The second-order valence-corrected chi connectivity index (χ2v) is 6.87. The van der Waals surface area contributed by atoms with Crippen LogP contribution in [0.5, 0.6) is 0 Å². The highest BCUT2D eigenvalue weighted by molar-refractivity contribution is 7.91. The highest BCUT2D eigenvalue weighted by atomic mass is 32.2. The average molecular weight is 287 g/mol. The van der Waals surface area contributed by atoms with Gasteiger partial charge in [-0.2, -0.15) is 5.26 Å². The quantitative estimate of drug-likeness (QED) is 0.890. The van der Waals surface area contributed by atoms with Crippen LogP contribution in [0, 0.1) is 28.4 Å². The number of aliphatic hydroxyl groups excluding tert-OH is 1. The van der Waals surface area contributed by atoms with E-state index in [0.29, 0.717) is 0 Å². The van der Waals surface area contributed by atoms with Gasteiger partial charge >= 0.3 is 0 Å². The number of halogens is 2. The van der Waals surface area contributed by atoms with Crippen LogP contribution < -0.4 is 0 Å². The molecular weight excluding hydrogens is 276 g/mol. The van der Waals surface area contributed by atoms with E-state index in [1.54, 1.807) is 0 Å². The summed E-state index contributed by atoms with van der Waals surface area (Å²) in [5.74, 6) is -2.88. The van der Waals surface area contributed by atoms with Crippen LogP contribution in [0.3, 0.4) is 0 Å². The molecule has 4 nitrogen and oxygen atoms in total. The molecular formula is C12H11F2NO3S. The van der Waals surface area contributed by atoms with E-state index in [0.717, 1.165) is 18.2 Å². The Bertz CT molecular complexity index is 653. The van der Waals surface area contributed by atoms with Crippen LogP contribution in [0.15, 0.2) is 18.2 Å². The Morgan fingerprint density at radius 3 is 2.53 bits per heavy atom. The van der Waals surface area contributed by atoms with Crippen LogP contribution in [0.25, 0.3) is 0 Å². The van der Waals surface area contributed by atoms with Crippen molar-refractivity contribution in [3.63, 3.8) is 0 Å². The van der Waals surface area contributed by atoms with Crippen molar-refractivity contribution in [2.45, 2.75) is 12.5 Å². The van der Waals surface area contributed by atoms with Crippen molar-refractivity contribution < 1.29 is 22.3 Å². The number of nitrogens with zero attached hydrogens (tertiary/aromatic N) is 1. The van der Waals surface area contributed by atoms with E-state index in [2.05, 4.69) is 0 Å². The molecule has 1 aromatic rings. The fraction of sp³-hybridized carbons (Fsp3) is 0.417. The van der Waals surface area contributed by atoms with Gasteiger partial charge in [-0.05, 0) is 24.1 Å². The van der Waals surface area contributed by atoms with Gasteiger partial charge in [-0.1, -0.05) is 6.07 Å². The minimum atomic E-state index is -3.39. The molecule has 2 rings (SSSR count). The monoisotopic (exact) mass is 287 g/mol. The molecule has 0 aromatic heterocycles. The summed E-state index contributed by atoms with van der Waals surface area (Å²) in [6.45, 7) is 0. The standard InChI is InChI=1S/C12H11F2NO3S/c13-9-2-1-8(5-10(9)14)11(16)12(6-15)3-4-19(17,18)7-12/h1-2,5,11,16H,3-4,7H2. The van der Waals surface area contributed by atoms with Gasteiger partial charge in [0.05, 0.1) is 23.7 Å². The molecule has 2 atom stereocenters. The van der Waals surface area contributed by atoms with Crippen molar-refractivity contribution in [3.8, 4) is 6.07 Å². The van der Waals surface area contributed by atoms with Crippen LogP contribution in [0.4, 0.5) is 8.78 Å².